The van der Waals surface area contributed by atoms with Gasteiger partial charge in [-0.2, -0.15) is 5.10 Å². The summed E-state index contributed by atoms with van der Waals surface area (Å²) in [6.07, 6.45) is 2.86. The molecule has 0 aliphatic rings. The molecule has 2 aromatic carbocycles. The molecule has 0 N–H and O–H groups in total. The maximum atomic E-state index is 12.2. The number of ketones is 1. The Balaban J connectivity index is 1.75. The maximum Gasteiger partial charge on any atom is 0.184 e. The van der Waals surface area contributed by atoms with Gasteiger partial charge >= 0.3 is 0 Å². The average Bonchev–Trinajstić information content (AvgIpc) is 3.04. The van der Waals surface area contributed by atoms with Crippen LogP contribution in [0, 0.1) is 0 Å². The number of hydrogen-bond acceptors (Lipinski definition) is 4. The van der Waals surface area contributed by atoms with E-state index in [9.17, 15) is 4.79 Å². The fraction of sp³-hybridized carbons (Fsp3) is 0.0625. The topological polar surface area (TPSA) is 57.0 Å². The van der Waals surface area contributed by atoms with Crippen LogP contribution in [0.15, 0.2) is 55.1 Å². The minimum atomic E-state index is -0.115. The summed E-state index contributed by atoms with van der Waals surface area (Å²) in [5, 5.41) is 4.87. The summed E-state index contributed by atoms with van der Waals surface area (Å²) in [4.78, 5) is 16.0. The molecule has 7 heteroatoms. The minimum Gasteiger partial charge on any atom is -0.456 e. The molecule has 116 valence electrons. The van der Waals surface area contributed by atoms with E-state index in [1.165, 1.54) is 17.3 Å². The van der Waals surface area contributed by atoms with Crippen LogP contribution in [0.4, 0.5) is 0 Å². The van der Waals surface area contributed by atoms with E-state index in [0.29, 0.717) is 27.1 Å². The summed E-state index contributed by atoms with van der Waals surface area (Å²) >= 11 is 12.0. The molecule has 3 rings (SSSR count). The zero-order chi connectivity index (χ0) is 16.2. The van der Waals surface area contributed by atoms with Gasteiger partial charge in [-0.25, -0.2) is 9.67 Å². The van der Waals surface area contributed by atoms with Crippen LogP contribution < -0.4 is 4.74 Å². The zero-order valence-electron chi connectivity index (χ0n) is 11.8. The molecule has 0 saturated heterocycles. The monoisotopic (exact) mass is 347 g/mol. The van der Waals surface area contributed by atoms with Crippen molar-refractivity contribution in [3.8, 4) is 11.5 Å². The first-order chi connectivity index (χ1) is 11.1. The van der Waals surface area contributed by atoms with Crippen molar-refractivity contribution in [2.45, 2.75) is 6.54 Å². The molecule has 5 nitrogen and oxygen atoms in total. The van der Waals surface area contributed by atoms with Crippen molar-refractivity contribution in [3.63, 3.8) is 0 Å². The first kappa shape index (κ1) is 15.5. The molecular formula is C16H11Cl2N3O2. The lowest BCUT2D eigenvalue weighted by atomic mass is 10.1. The number of ether oxygens (including phenoxy) is 1. The van der Waals surface area contributed by atoms with Gasteiger partial charge in [0.15, 0.2) is 5.78 Å². The van der Waals surface area contributed by atoms with Crippen molar-refractivity contribution < 1.29 is 9.53 Å². The van der Waals surface area contributed by atoms with Crippen LogP contribution in [-0.2, 0) is 6.54 Å². The fourth-order valence-corrected chi connectivity index (χ4v) is 2.28. The molecule has 0 amide bonds. The lowest BCUT2D eigenvalue weighted by Gasteiger charge is -2.09. The lowest BCUT2D eigenvalue weighted by molar-refractivity contribution is 0.0967. The standard InChI is InChI=1S/C16H11Cl2N3O2/c17-12-2-4-13(5-3-12)23-16-6-1-11(7-14(16)18)15(22)8-21-10-19-9-20-21/h1-7,9-10H,8H2. The Bertz CT molecular complexity index is 818. The largest absolute Gasteiger partial charge is 0.456 e. The second-order valence-electron chi connectivity index (χ2n) is 4.72. The van der Waals surface area contributed by atoms with Crippen molar-refractivity contribution >= 4 is 29.0 Å². The summed E-state index contributed by atoms with van der Waals surface area (Å²) in [6, 6.07) is 11.8. The molecule has 0 atom stereocenters. The van der Waals surface area contributed by atoms with E-state index in [0.717, 1.165) is 0 Å². The van der Waals surface area contributed by atoms with E-state index in [2.05, 4.69) is 10.1 Å². The molecule has 0 spiro atoms. The number of rotatable bonds is 5. The second-order valence-corrected chi connectivity index (χ2v) is 5.56. The predicted octanol–water partition coefficient (Wildman–Crippen LogP) is 4.26. The summed E-state index contributed by atoms with van der Waals surface area (Å²) in [5.41, 5.74) is 0.481. The molecule has 0 aliphatic carbocycles. The van der Waals surface area contributed by atoms with Gasteiger partial charge in [0.25, 0.3) is 0 Å². The number of halogens is 2. The number of nitrogens with zero attached hydrogens (tertiary/aromatic N) is 3. The van der Waals surface area contributed by atoms with E-state index in [1.807, 2.05) is 0 Å². The molecule has 1 heterocycles. The van der Waals surface area contributed by atoms with E-state index in [-0.39, 0.29) is 12.3 Å². The predicted molar refractivity (Wildman–Crippen MR) is 87.3 cm³/mol. The lowest BCUT2D eigenvalue weighted by Crippen LogP contribution is -2.10. The van der Waals surface area contributed by atoms with Crippen molar-refractivity contribution in [2.24, 2.45) is 0 Å². The van der Waals surface area contributed by atoms with E-state index >= 15 is 0 Å². The van der Waals surface area contributed by atoms with Crippen LogP contribution in [0.25, 0.3) is 0 Å². The van der Waals surface area contributed by atoms with Gasteiger partial charge in [-0.3, -0.25) is 4.79 Å². The van der Waals surface area contributed by atoms with Gasteiger partial charge in [-0.15, -0.1) is 0 Å². The Hall–Kier alpha value is -2.37. The third kappa shape index (κ3) is 3.88. The minimum absolute atomic E-state index is 0.105. The van der Waals surface area contributed by atoms with Gasteiger partial charge in [0.05, 0.1) is 5.02 Å². The fourth-order valence-electron chi connectivity index (χ4n) is 1.94. The third-order valence-corrected chi connectivity index (χ3v) is 3.61. The zero-order valence-corrected chi connectivity index (χ0v) is 13.3. The molecule has 0 bridgehead atoms. The molecule has 0 radical (unpaired) electrons. The van der Waals surface area contributed by atoms with Gasteiger partial charge in [-0.05, 0) is 42.5 Å². The Morgan fingerprint density at radius 1 is 1.13 bits per heavy atom. The van der Waals surface area contributed by atoms with E-state index < -0.39 is 0 Å². The smallest absolute Gasteiger partial charge is 0.184 e. The molecule has 0 saturated carbocycles. The van der Waals surface area contributed by atoms with Crippen molar-refractivity contribution in [1.82, 2.24) is 14.8 Å². The molecule has 23 heavy (non-hydrogen) atoms. The average molecular weight is 348 g/mol. The first-order valence-electron chi connectivity index (χ1n) is 6.70. The summed E-state index contributed by atoms with van der Waals surface area (Å²) in [5.74, 6) is 0.958. The molecule has 1 aromatic heterocycles. The summed E-state index contributed by atoms with van der Waals surface area (Å²) < 4.78 is 7.13. The van der Waals surface area contributed by atoms with Crippen molar-refractivity contribution in [2.75, 3.05) is 0 Å². The van der Waals surface area contributed by atoms with Gasteiger partial charge in [0.2, 0.25) is 0 Å². The Labute approximate surface area is 142 Å². The van der Waals surface area contributed by atoms with Gasteiger partial charge < -0.3 is 4.74 Å². The van der Waals surface area contributed by atoms with Crippen molar-refractivity contribution in [1.29, 1.82) is 0 Å². The molecule has 0 unspecified atom stereocenters. The summed E-state index contributed by atoms with van der Waals surface area (Å²) in [7, 11) is 0. The van der Waals surface area contributed by atoms with Crippen LogP contribution in [-0.4, -0.2) is 20.5 Å². The quantitative estimate of drug-likeness (QED) is 0.647. The molecular weight excluding hydrogens is 337 g/mol. The van der Waals surface area contributed by atoms with Crippen LogP contribution >= 0.6 is 23.2 Å². The Morgan fingerprint density at radius 2 is 1.91 bits per heavy atom. The van der Waals surface area contributed by atoms with Crippen LogP contribution in [0.5, 0.6) is 11.5 Å². The number of Topliss-reactive ketones (excluding diaryl/α,β-unsaturated/α-hetero) is 1. The van der Waals surface area contributed by atoms with Gasteiger partial charge in [-0.1, -0.05) is 23.2 Å². The number of carbonyl (C=O) groups excluding carboxylic acids is 1. The van der Waals surface area contributed by atoms with Gasteiger partial charge in [0, 0.05) is 10.6 Å². The SMILES string of the molecule is O=C(Cn1cncn1)c1ccc(Oc2ccc(Cl)cc2)c(Cl)c1. The van der Waals surface area contributed by atoms with Gasteiger partial charge in [0.1, 0.15) is 30.7 Å². The van der Waals surface area contributed by atoms with E-state index in [1.54, 1.807) is 42.5 Å². The highest BCUT2D eigenvalue weighted by Crippen LogP contribution is 2.30. The summed E-state index contributed by atoms with van der Waals surface area (Å²) in [6.45, 7) is 0.105. The maximum absolute atomic E-state index is 12.2. The second kappa shape index (κ2) is 6.81. The molecule has 0 fully saturated rings. The molecule has 0 aliphatic heterocycles. The Morgan fingerprint density at radius 3 is 2.57 bits per heavy atom. The third-order valence-electron chi connectivity index (χ3n) is 3.07. The highest BCUT2D eigenvalue weighted by Gasteiger charge is 2.11. The first-order valence-corrected chi connectivity index (χ1v) is 7.46. The number of aromatic nitrogens is 3. The normalized spacial score (nSPS) is 10.5. The van der Waals surface area contributed by atoms with E-state index in [4.69, 9.17) is 27.9 Å². The van der Waals surface area contributed by atoms with Crippen molar-refractivity contribution in [3.05, 3.63) is 70.7 Å². The highest BCUT2D eigenvalue weighted by molar-refractivity contribution is 6.32. The highest BCUT2D eigenvalue weighted by atomic mass is 35.5. The van der Waals surface area contributed by atoms with Crippen LogP contribution in [0.2, 0.25) is 10.0 Å². The number of carbonyl (C=O) groups is 1. The van der Waals surface area contributed by atoms with Crippen LogP contribution in [0.1, 0.15) is 10.4 Å². The Kier molecular flexibility index (Phi) is 4.60. The van der Waals surface area contributed by atoms with Crippen LogP contribution in [0.3, 0.4) is 0 Å². The molecule has 3 aromatic rings. The number of hydrogen-bond donors (Lipinski definition) is 0. The number of benzene rings is 2.